The summed E-state index contributed by atoms with van der Waals surface area (Å²) in [5.41, 5.74) is 1.30. The average Bonchev–Trinajstić information content (AvgIpc) is 2.44. The smallest absolute Gasteiger partial charge is 0.157 e. The summed E-state index contributed by atoms with van der Waals surface area (Å²) >= 11 is 1.85. The largest absolute Gasteiger partial charge is 0.362 e. The first-order chi connectivity index (χ1) is 9.72. The van der Waals surface area contributed by atoms with Crippen molar-refractivity contribution in [3.05, 3.63) is 48.0 Å². The number of aliphatic imine (C=N–C) groups is 1. The zero-order valence-electron chi connectivity index (χ0n) is 12.0. The third kappa shape index (κ3) is 2.98. The maximum Gasteiger partial charge on any atom is 0.157 e. The lowest BCUT2D eigenvalue weighted by Crippen LogP contribution is -2.38. The Balaban J connectivity index is 1.83. The molecule has 0 saturated carbocycles. The number of hydrogen-bond acceptors (Lipinski definition) is 2. The molecule has 1 aliphatic rings. The fraction of sp³-hybridized carbons (Fsp3) is 0.353. The average molecular weight is 284 g/mol. The van der Waals surface area contributed by atoms with Crippen molar-refractivity contribution in [3.63, 3.8) is 0 Å². The first-order valence-corrected chi connectivity index (χ1v) is 8.04. The van der Waals surface area contributed by atoms with Crippen LogP contribution >= 0.6 is 11.8 Å². The van der Waals surface area contributed by atoms with E-state index in [1.807, 2.05) is 11.8 Å². The molecule has 1 aliphatic heterocycles. The quantitative estimate of drug-likeness (QED) is 0.894. The molecule has 3 heteroatoms. The number of rotatable bonds is 2. The molecule has 0 radical (unpaired) electrons. The molecule has 2 aromatic rings. The fourth-order valence-corrected chi connectivity index (χ4v) is 3.88. The van der Waals surface area contributed by atoms with Crippen LogP contribution in [0.25, 0.3) is 10.8 Å². The monoisotopic (exact) mass is 284 g/mol. The van der Waals surface area contributed by atoms with Crippen molar-refractivity contribution in [2.24, 2.45) is 4.99 Å². The van der Waals surface area contributed by atoms with Gasteiger partial charge in [-0.2, -0.15) is 0 Å². The van der Waals surface area contributed by atoms with Crippen molar-refractivity contribution in [3.8, 4) is 0 Å². The molecule has 104 valence electrons. The van der Waals surface area contributed by atoms with E-state index in [9.17, 15) is 0 Å². The summed E-state index contributed by atoms with van der Waals surface area (Å²) in [6.07, 6.45) is 1.21. The van der Waals surface area contributed by atoms with Crippen molar-refractivity contribution in [2.75, 3.05) is 0 Å². The van der Waals surface area contributed by atoms with E-state index >= 15 is 0 Å². The van der Waals surface area contributed by atoms with Gasteiger partial charge in [-0.1, -0.05) is 61.2 Å². The summed E-state index contributed by atoms with van der Waals surface area (Å²) in [6.45, 7) is 5.25. The first-order valence-electron chi connectivity index (χ1n) is 7.16. The maximum atomic E-state index is 4.77. The van der Waals surface area contributed by atoms with E-state index in [4.69, 9.17) is 4.99 Å². The first kappa shape index (κ1) is 13.5. The van der Waals surface area contributed by atoms with Crippen molar-refractivity contribution in [1.29, 1.82) is 0 Å². The summed E-state index contributed by atoms with van der Waals surface area (Å²) in [4.78, 5) is 4.77. The van der Waals surface area contributed by atoms with Gasteiger partial charge in [-0.3, -0.25) is 4.99 Å². The lowest BCUT2D eigenvalue weighted by molar-refractivity contribution is 0.597. The van der Waals surface area contributed by atoms with Gasteiger partial charge in [0.25, 0.3) is 0 Å². The Morgan fingerprint density at radius 3 is 2.80 bits per heavy atom. The lowest BCUT2D eigenvalue weighted by Gasteiger charge is -2.26. The van der Waals surface area contributed by atoms with Crippen molar-refractivity contribution < 1.29 is 0 Å². The van der Waals surface area contributed by atoms with Gasteiger partial charge in [0.1, 0.15) is 0 Å². The second-order valence-corrected chi connectivity index (χ2v) is 6.90. The summed E-state index contributed by atoms with van der Waals surface area (Å²) in [5.74, 6) is 0. The highest BCUT2D eigenvalue weighted by Crippen LogP contribution is 2.24. The number of nitrogens with one attached hydrogen (secondary N) is 1. The van der Waals surface area contributed by atoms with Crippen LogP contribution < -0.4 is 5.32 Å². The minimum Gasteiger partial charge on any atom is -0.362 e. The van der Waals surface area contributed by atoms with Gasteiger partial charge in [-0.05, 0) is 29.7 Å². The summed E-state index contributed by atoms with van der Waals surface area (Å²) in [5, 5.41) is 7.81. The Morgan fingerprint density at radius 1 is 1.15 bits per heavy atom. The second kappa shape index (κ2) is 5.88. The predicted molar refractivity (Wildman–Crippen MR) is 89.4 cm³/mol. The number of thioether (sulfide) groups is 1. The van der Waals surface area contributed by atoms with Gasteiger partial charge in [-0.25, -0.2) is 0 Å². The molecule has 3 rings (SSSR count). The van der Waals surface area contributed by atoms with Crippen LogP contribution in [0.4, 0.5) is 0 Å². The molecule has 1 N–H and O–H groups in total. The van der Waals surface area contributed by atoms with Gasteiger partial charge in [0.15, 0.2) is 5.17 Å². The molecule has 20 heavy (non-hydrogen) atoms. The highest BCUT2D eigenvalue weighted by atomic mass is 32.2. The molecule has 0 bridgehead atoms. The van der Waals surface area contributed by atoms with Gasteiger partial charge in [-0.15, -0.1) is 0 Å². The Morgan fingerprint density at radius 2 is 1.95 bits per heavy atom. The third-order valence-electron chi connectivity index (χ3n) is 3.64. The number of nitrogens with zero attached hydrogens (tertiary/aromatic N) is 1. The Kier molecular flexibility index (Phi) is 3.97. The minimum absolute atomic E-state index is 0.525. The topological polar surface area (TPSA) is 24.4 Å². The molecule has 2 unspecified atom stereocenters. The maximum absolute atomic E-state index is 4.77. The minimum atomic E-state index is 0.525. The van der Waals surface area contributed by atoms with Crippen LogP contribution in [0.2, 0.25) is 0 Å². The SMILES string of the molecule is CC1CC(C)SC(=NCc2cccc3ccccc23)N1. The van der Waals surface area contributed by atoms with E-state index in [-0.39, 0.29) is 0 Å². The zero-order chi connectivity index (χ0) is 13.9. The van der Waals surface area contributed by atoms with Crippen molar-refractivity contribution in [2.45, 2.75) is 38.1 Å². The van der Waals surface area contributed by atoms with E-state index in [0.29, 0.717) is 11.3 Å². The molecule has 2 aromatic carbocycles. The van der Waals surface area contributed by atoms with Gasteiger partial charge < -0.3 is 5.32 Å². The molecule has 0 spiro atoms. The summed E-state index contributed by atoms with van der Waals surface area (Å²) in [6, 6.07) is 15.5. The number of benzene rings is 2. The van der Waals surface area contributed by atoms with Crippen LogP contribution in [-0.2, 0) is 6.54 Å². The summed E-state index contributed by atoms with van der Waals surface area (Å²) < 4.78 is 0. The second-order valence-electron chi connectivity index (χ2n) is 5.47. The number of amidine groups is 1. The van der Waals surface area contributed by atoms with Crippen LogP contribution in [0, 0.1) is 0 Å². The van der Waals surface area contributed by atoms with E-state index in [1.54, 1.807) is 0 Å². The van der Waals surface area contributed by atoms with E-state index in [2.05, 4.69) is 61.6 Å². The van der Waals surface area contributed by atoms with Crippen molar-refractivity contribution >= 4 is 27.7 Å². The van der Waals surface area contributed by atoms with Gasteiger partial charge in [0.05, 0.1) is 6.54 Å². The predicted octanol–water partition coefficient (Wildman–Crippen LogP) is 4.20. The van der Waals surface area contributed by atoms with Gasteiger partial charge >= 0.3 is 0 Å². The van der Waals surface area contributed by atoms with Crippen LogP contribution in [0.15, 0.2) is 47.5 Å². The normalized spacial score (nSPS) is 24.8. The third-order valence-corrected chi connectivity index (χ3v) is 4.71. The highest BCUT2D eigenvalue weighted by Gasteiger charge is 2.19. The lowest BCUT2D eigenvalue weighted by atomic mass is 10.1. The van der Waals surface area contributed by atoms with E-state index < -0.39 is 0 Å². The van der Waals surface area contributed by atoms with Crippen LogP contribution in [-0.4, -0.2) is 16.5 Å². The molecule has 1 heterocycles. The molecule has 1 fully saturated rings. The molecular weight excluding hydrogens is 264 g/mol. The van der Waals surface area contributed by atoms with Crippen molar-refractivity contribution in [1.82, 2.24) is 5.32 Å². The highest BCUT2D eigenvalue weighted by molar-refractivity contribution is 8.14. The molecule has 2 atom stereocenters. The molecule has 2 nitrogen and oxygen atoms in total. The van der Waals surface area contributed by atoms with E-state index in [1.165, 1.54) is 22.8 Å². The van der Waals surface area contributed by atoms with Gasteiger partial charge in [0, 0.05) is 11.3 Å². The Bertz CT molecular complexity index is 618. The molecule has 0 aromatic heterocycles. The molecule has 1 saturated heterocycles. The Labute approximate surface area is 124 Å². The fourth-order valence-electron chi connectivity index (χ4n) is 2.71. The molecule has 0 amide bonds. The number of hydrogen-bond donors (Lipinski definition) is 1. The summed E-state index contributed by atoms with van der Waals surface area (Å²) in [7, 11) is 0. The molecule has 0 aliphatic carbocycles. The van der Waals surface area contributed by atoms with E-state index in [0.717, 1.165) is 11.7 Å². The van der Waals surface area contributed by atoms with Crippen LogP contribution in [0.1, 0.15) is 25.8 Å². The van der Waals surface area contributed by atoms with Crippen LogP contribution in [0.3, 0.4) is 0 Å². The number of fused-ring (bicyclic) bond motifs is 1. The molecular formula is C17H20N2S. The zero-order valence-corrected chi connectivity index (χ0v) is 12.8. The van der Waals surface area contributed by atoms with Gasteiger partial charge in [0.2, 0.25) is 0 Å². The van der Waals surface area contributed by atoms with Crippen LogP contribution in [0.5, 0.6) is 0 Å². The Hall–Kier alpha value is -1.48. The standard InChI is InChI=1S/C17H20N2S/c1-12-10-13(2)20-17(19-12)18-11-15-8-5-7-14-6-3-4-9-16(14)15/h3-9,12-13H,10-11H2,1-2H3,(H,18,19).